The molecule has 1 aliphatic carbocycles. The van der Waals surface area contributed by atoms with Crippen molar-refractivity contribution in [3.8, 4) is 0 Å². The molecule has 1 fully saturated rings. The zero-order valence-corrected chi connectivity index (χ0v) is 25.3. The smallest absolute Gasteiger partial charge is 0.264 e. The lowest BCUT2D eigenvalue weighted by Crippen LogP contribution is -2.53. The Hall–Kier alpha value is -3.65. The van der Waals surface area contributed by atoms with Crippen molar-refractivity contribution >= 4 is 27.5 Å². The van der Waals surface area contributed by atoms with Gasteiger partial charge in [-0.25, -0.2) is 8.42 Å². The molecule has 0 bridgehead atoms. The van der Waals surface area contributed by atoms with Crippen LogP contribution in [0.3, 0.4) is 0 Å². The van der Waals surface area contributed by atoms with E-state index < -0.39 is 28.5 Å². The minimum Gasteiger partial charge on any atom is -0.352 e. The van der Waals surface area contributed by atoms with Crippen molar-refractivity contribution in [2.45, 2.75) is 83.3 Å². The third-order valence-electron chi connectivity index (χ3n) is 8.05. The summed E-state index contributed by atoms with van der Waals surface area (Å²) in [4.78, 5) is 29.2. The fourth-order valence-electron chi connectivity index (χ4n) is 5.28. The maximum absolute atomic E-state index is 14.2. The van der Waals surface area contributed by atoms with Crippen molar-refractivity contribution in [1.82, 2.24) is 10.2 Å². The van der Waals surface area contributed by atoms with Crippen LogP contribution in [0.1, 0.15) is 61.3 Å². The lowest BCUT2D eigenvalue weighted by atomic mass is 9.95. The summed E-state index contributed by atoms with van der Waals surface area (Å²) < 4.78 is 29.2. The first kappa shape index (κ1) is 30.3. The molecule has 0 spiro atoms. The van der Waals surface area contributed by atoms with Crippen LogP contribution in [0.15, 0.2) is 77.7 Å². The molecule has 0 saturated heterocycles. The summed E-state index contributed by atoms with van der Waals surface area (Å²) in [7, 11) is -4.08. The number of aryl methyl sites for hydroxylation is 2. The predicted molar refractivity (Wildman–Crippen MR) is 163 cm³/mol. The normalized spacial score (nSPS) is 14.7. The summed E-state index contributed by atoms with van der Waals surface area (Å²) in [5.41, 5.74) is 4.08. The Bertz CT molecular complexity index is 1450. The third-order valence-corrected chi connectivity index (χ3v) is 9.82. The molecule has 2 amide bonds. The predicted octanol–water partition coefficient (Wildman–Crippen LogP) is 5.67. The molecule has 1 atom stereocenters. The van der Waals surface area contributed by atoms with Gasteiger partial charge >= 0.3 is 0 Å². The highest BCUT2D eigenvalue weighted by atomic mass is 32.2. The number of anilines is 1. The fraction of sp³-hybridized carbons (Fsp3) is 0.394. The Morgan fingerprint density at radius 1 is 0.878 bits per heavy atom. The number of sulfonamides is 1. The Morgan fingerprint density at radius 2 is 1.54 bits per heavy atom. The molecular weight excluding hydrogens is 534 g/mol. The molecule has 0 unspecified atom stereocenters. The molecule has 3 aromatic carbocycles. The maximum atomic E-state index is 14.2. The first-order valence-electron chi connectivity index (χ1n) is 14.4. The van der Waals surface area contributed by atoms with Crippen LogP contribution in [0.25, 0.3) is 0 Å². The standard InChI is InChI=1S/C33H41N3O4S/c1-24-18-20-28(21-19-24)22-35(27(4)33(38)34-29-13-7-5-8-14-29)32(37)23-36(31-17-11-12-25(2)26(31)3)41(39,40)30-15-9-6-10-16-30/h6,9-12,15-21,27,29H,5,7-8,13-14,22-23H2,1-4H3,(H,34,38)/t27-/m0/s1. The van der Waals surface area contributed by atoms with Crippen LogP contribution in [0.2, 0.25) is 0 Å². The van der Waals surface area contributed by atoms with Crippen molar-refractivity contribution in [1.29, 1.82) is 0 Å². The highest BCUT2D eigenvalue weighted by molar-refractivity contribution is 7.92. The third kappa shape index (κ3) is 7.36. The first-order valence-corrected chi connectivity index (χ1v) is 15.8. The molecule has 4 rings (SSSR count). The van der Waals surface area contributed by atoms with Gasteiger partial charge in [-0.15, -0.1) is 0 Å². The van der Waals surface area contributed by atoms with Crippen LogP contribution in [-0.2, 0) is 26.2 Å². The van der Waals surface area contributed by atoms with Crippen molar-refractivity contribution < 1.29 is 18.0 Å². The van der Waals surface area contributed by atoms with Crippen LogP contribution >= 0.6 is 0 Å². The summed E-state index contributed by atoms with van der Waals surface area (Å²) in [5.74, 6) is -0.668. The molecular formula is C33H41N3O4S. The van der Waals surface area contributed by atoms with Gasteiger partial charge in [0.05, 0.1) is 10.6 Å². The first-order chi connectivity index (χ1) is 19.6. The van der Waals surface area contributed by atoms with Crippen LogP contribution < -0.4 is 9.62 Å². The Kier molecular flexibility index (Phi) is 9.86. The number of benzene rings is 3. The lowest BCUT2D eigenvalue weighted by Gasteiger charge is -2.33. The SMILES string of the molecule is Cc1ccc(CN(C(=O)CN(c2cccc(C)c2C)S(=O)(=O)c2ccccc2)[C@@H](C)C(=O)NC2CCCCC2)cc1. The number of nitrogens with zero attached hydrogens (tertiary/aromatic N) is 2. The van der Waals surface area contributed by atoms with E-state index in [-0.39, 0.29) is 23.4 Å². The molecule has 0 heterocycles. The van der Waals surface area contributed by atoms with E-state index in [2.05, 4.69) is 5.32 Å². The minimum absolute atomic E-state index is 0.0972. The summed E-state index contributed by atoms with van der Waals surface area (Å²) in [5, 5.41) is 3.14. The molecule has 3 aromatic rings. The molecule has 1 N–H and O–H groups in total. The average molecular weight is 576 g/mol. The number of hydrogen-bond donors (Lipinski definition) is 1. The average Bonchev–Trinajstić information content (AvgIpc) is 2.97. The number of rotatable bonds is 10. The van der Waals surface area contributed by atoms with Gasteiger partial charge in [0.1, 0.15) is 12.6 Å². The van der Waals surface area contributed by atoms with E-state index in [1.54, 1.807) is 37.3 Å². The molecule has 0 radical (unpaired) electrons. The Balaban J connectivity index is 1.69. The Morgan fingerprint density at radius 3 is 2.20 bits per heavy atom. The van der Waals surface area contributed by atoms with E-state index in [1.807, 2.05) is 51.1 Å². The van der Waals surface area contributed by atoms with Gasteiger partial charge < -0.3 is 10.2 Å². The van der Waals surface area contributed by atoms with Gasteiger partial charge in [-0.05, 0) is 75.4 Å². The van der Waals surface area contributed by atoms with Crippen LogP contribution in [0.4, 0.5) is 5.69 Å². The highest BCUT2D eigenvalue weighted by Gasteiger charge is 2.33. The van der Waals surface area contributed by atoms with Crippen molar-refractivity contribution in [3.63, 3.8) is 0 Å². The highest BCUT2D eigenvalue weighted by Crippen LogP contribution is 2.29. The molecule has 7 nitrogen and oxygen atoms in total. The van der Waals surface area contributed by atoms with E-state index in [4.69, 9.17) is 0 Å². The molecule has 1 saturated carbocycles. The zero-order valence-electron chi connectivity index (χ0n) is 24.5. The van der Waals surface area contributed by atoms with Gasteiger partial charge in [0, 0.05) is 12.6 Å². The second-order valence-corrected chi connectivity index (χ2v) is 12.9. The zero-order chi connectivity index (χ0) is 29.6. The van der Waals surface area contributed by atoms with Gasteiger partial charge in [-0.2, -0.15) is 0 Å². The van der Waals surface area contributed by atoms with Crippen molar-refractivity contribution in [2.24, 2.45) is 0 Å². The second-order valence-electron chi connectivity index (χ2n) is 11.1. The van der Waals surface area contributed by atoms with Crippen molar-refractivity contribution in [3.05, 3.63) is 95.1 Å². The molecule has 0 aliphatic heterocycles. The van der Waals surface area contributed by atoms with Gasteiger partial charge in [0.15, 0.2) is 0 Å². The number of hydrogen-bond acceptors (Lipinski definition) is 4. The van der Waals surface area contributed by atoms with Crippen LogP contribution in [-0.4, -0.2) is 43.8 Å². The number of carbonyl (C=O) groups excluding carboxylic acids is 2. The van der Waals surface area contributed by atoms with E-state index in [9.17, 15) is 18.0 Å². The lowest BCUT2D eigenvalue weighted by molar-refractivity contribution is -0.139. The second kappa shape index (κ2) is 13.3. The number of nitrogens with one attached hydrogen (secondary N) is 1. The number of amides is 2. The topological polar surface area (TPSA) is 86.8 Å². The van der Waals surface area contributed by atoms with Gasteiger partial charge in [-0.1, -0.05) is 79.4 Å². The maximum Gasteiger partial charge on any atom is 0.264 e. The summed E-state index contributed by atoms with van der Waals surface area (Å²) in [6.45, 7) is 7.22. The largest absolute Gasteiger partial charge is 0.352 e. The summed E-state index contributed by atoms with van der Waals surface area (Å²) in [6, 6.07) is 20.7. The van der Waals surface area contributed by atoms with Crippen LogP contribution in [0, 0.1) is 20.8 Å². The molecule has 218 valence electrons. The van der Waals surface area contributed by atoms with Gasteiger partial charge in [0.2, 0.25) is 11.8 Å². The molecule has 0 aromatic heterocycles. The number of carbonyl (C=O) groups is 2. The molecule has 1 aliphatic rings. The van der Waals surface area contributed by atoms with Crippen LogP contribution in [0.5, 0.6) is 0 Å². The van der Waals surface area contributed by atoms with E-state index in [0.29, 0.717) is 5.69 Å². The van der Waals surface area contributed by atoms with Crippen molar-refractivity contribution in [2.75, 3.05) is 10.8 Å². The summed E-state index contributed by atoms with van der Waals surface area (Å²) in [6.07, 6.45) is 5.19. The minimum atomic E-state index is -4.08. The Labute approximate surface area is 244 Å². The monoisotopic (exact) mass is 575 g/mol. The molecule has 8 heteroatoms. The quantitative estimate of drug-likeness (QED) is 0.337. The summed E-state index contributed by atoms with van der Waals surface area (Å²) >= 11 is 0. The molecule has 41 heavy (non-hydrogen) atoms. The van der Waals surface area contributed by atoms with E-state index in [1.165, 1.54) is 27.8 Å². The van der Waals surface area contributed by atoms with E-state index in [0.717, 1.165) is 47.9 Å². The van der Waals surface area contributed by atoms with E-state index >= 15 is 0 Å². The van der Waals surface area contributed by atoms with Gasteiger partial charge in [-0.3, -0.25) is 13.9 Å². The van der Waals surface area contributed by atoms with Gasteiger partial charge in [0.25, 0.3) is 10.0 Å². The fourth-order valence-corrected chi connectivity index (χ4v) is 6.77.